The average molecular weight is 386 g/mol. The van der Waals surface area contributed by atoms with Crippen LogP contribution in [0.15, 0.2) is 35.8 Å². The van der Waals surface area contributed by atoms with Crippen LogP contribution in [0.5, 0.6) is 5.75 Å². The van der Waals surface area contributed by atoms with Crippen LogP contribution in [-0.4, -0.2) is 40.9 Å². The second-order valence-electron chi connectivity index (χ2n) is 5.67. The van der Waals surface area contributed by atoms with Gasteiger partial charge in [0.05, 0.1) is 26.3 Å². The monoisotopic (exact) mass is 386 g/mol. The summed E-state index contributed by atoms with van der Waals surface area (Å²) in [4.78, 5) is 27.9. The van der Waals surface area contributed by atoms with Crippen LogP contribution in [0.3, 0.4) is 0 Å². The fourth-order valence-corrected chi connectivity index (χ4v) is 3.09. The van der Waals surface area contributed by atoms with Crippen molar-refractivity contribution >= 4 is 28.3 Å². The van der Waals surface area contributed by atoms with Crippen LogP contribution < -0.4 is 10.1 Å². The molecule has 140 valence electrons. The smallest absolute Gasteiger partial charge is 0.311 e. The van der Waals surface area contributed by atoms with Gasteiger partial charge in [0.15, 0.2) is 10.8 Å². The minimum absolute atomic E-state index is 0.0602. The van der Waals surface area contributed by atoms with E-state index in [2.05, 4.69) is 20.1 Å². The summed E-state index contributed by atoms with van der Waals surface area (Å²) in [5.41, 5.74) is 2.57. The van der Waals surface area contributed by atoms with Crippen molar-refractivity contribution < 1.29 is 19.1 Å². The SMILES string of the molecule is COC(=O)Cc1csc(NC(=O)c2ccn(-c3cc(C)ccc3OC)n2)n1. The van der Waals surface area contributed by atoms with Crippen LogP contribution in [0.2, 0.25) is 0 Å². The van der Waals surface area contributed by atoms with E-state index in [0.717, 1.165) is 11.3 Å². The zero-order valence-electron chi connectivity index (χ0n) is 15.1. The van der Waals surface area contributed by atoms with Crippen molar-refractivity contribution in [3.8, 4) is 11.4 Å². The van der Waals surface area contributed by atoms with E-state index in [1.54, 1.807) is 29.4 Å². The van der Waals surface area contributed by atoms with Crippen LogP contribution in [-0.2, 0) is 16.0 Å². The van der Waals surface area contributed by atoms with Crippen molar-refractivity contribution in [2.75, 3.05) is 19.5 Å². The summed E-state index contributed by atoms with van der Waals surface area (Å²) in [6, 6.07) is 7.33. The van der Waals surface area contributed by atoms with Crippen LogP contribution in [0.25, 0.3) is 5.69 Å². The predicted molar refractivity (Wildman–Crippen MR) is 101 cm³/mol. The number of rotatable bonds is 6. The van der Waals surface area contributed by atoms with Gasteiger partial charge in [0.2, 0.25) is 0 Å². The quantitative estimate of drug-likeness (QED) is 0.655. The van der Waals surface area contributed by atoms with E-state index in [1.807, 2.05) is 25.1 Å². The first-order chi connectivity index (χ1) is 13.0. The van der Waals surface area contributed by atoms with Crippen molar-refractivity contribution in [3.05, 3.63) is 52.8 Å². The number of benzene rings is 1. The number of aryl methyl sites for hydroxylation is 1. The first-order valence-corrected chi connectivity index (χ1v) is 8.91. The lowest BCUT2D eigenvalue weighted by Gasteiger charge is -2.09. The third-order valence-corrected chi connectivity index (χ3v) is 4.53. The molecule has 0 aliphatic rings. The van der Waals surface area contributed by atoms with Gasteiger partial charge in [-0.05, 0) is 30.7 Å². The van der Waals surface area contributed by atoms with E-state index in [0.29, 0.717) is 16.6 Å². The van der Waals surface area contributed by atoms with Gasteiger partial charge in [0, 0.05) is 11.6 Å². The molecule has 0 saturated heterocycles. The maximum atomic E-state index is 12.4. The van der Waals surface area contributed by atoms with E-state index in [1.165, 1.54) is 18.4 Å². The molecule has 1 N–H and O–H groups in total. The standard InChI is InChI=1S/C18H18N4O4S/c1-11-4-5-15(25-2)14(8-11)22-7-6-13(21-22)17(24)20-18-19-12(10-27-18)9-16(23)26-3/h4-8,10H,9H2,1-3H3,(H,19,20,24). The fourth-order valence-electron chi connectivity index (χ4n) is 2.39. The molecule has 0 fully saturated rings. The molecule has 0 spiro atoms. The van der Waals surface area contributed by atoms with Gasteiger partial charge in [-0.25, -0.2) is 9.67 Å². The van der Waals surface area contributed by atoms with Crippen LogP contribution in [0.1, 0.15) is 21.7 Å². The van der Waals surface area contributed by atoms with Crippen LogP contribution in [0, 0.1) is 6.92 Å². The van der Waals surface area contributed by atoms with E-state index in [4.69, 9.17) is 4.74 Å². The largest absolute Gasteiger partial charge is 0.494 e. The minimum atomic E-state index is -0.390. The molecule has 1 aromatic carbocycles. The van der Waals surface area contributed by atoms with Crippen molar-refractivity contribution in [1.82, 2.24) is 14.8 Å². The first-order valence-electron chi connectivity index (χ1n) is 8.03. The molecular weight excluding hydrogens is 368 g/mol. The Morgan fingerprint density at radius 1 is 1.26 bits per heavy atom. The molecule has 3 aromatic rings. The van der Waals surface area contributed by atoms with Gasteiger partial charge in [0.25, 0.3) is 5.91 Å². The van der Waals surface area contributed by atoms with Crippen molar-refractivity contribution in [2.45, 2.75) is 13.3 Å². The van der Waals surface area contributed by atoms with Gasteiger partial charge < -0.3 is 9.47 Å². The normalized spacial score (nSPS) is 10.5. The maximum Gasteiger partial charge on any atom is 0.311 e. The number of hydrogen-bond donors (Lipinski definition) is 1. The molecule has 2 heterocycles. The molecule has 9 heteroatoms. The molecule has 3 rings (SSSR count). The summed E-state index contributed by atoms with van der Waals surface area (Å²) < 4.78 is 11.5. The van der Waals surface area contributed by atoms with Gasteiger partial charge in [-0.2, -0.15) is 5.10 Å². The highest BCUT2D eigenvalue weighted by Gasteiger charge is 2.15. The highest BCUT2D eigenvalue weighted by Crippen LogP contribution is 2.24. The van der Waals surface area contributed by atoms with E-state index in [-0.39, 0.29) is 24.0 Å². The Morgan fingerprint density at radius 2 is 2.07 bits per heavy atom. The van der Waals surface area contributed by atoms with Gasteiger partial charge in [0.1, 0.15) is 11.4 Å². The lowest BCUT2D eigenvalue weighted by atomic mass is 10.2. The number of anilines is 1. The third-order valence-electron chi connectivity index (χ3n) is 3.73. The third kappa shape index (κ3) is 4.32. The zero-order chi connectivity index (χ0) is 19.4. The highest BCUT2D eigenvalue weighted by atomic mass is 32.1. The molecule has 8 nitrogen and oxygen atoms in total. The molecule has 0 aliphatic carbocycles. The molecule has 0 atom stereocenters. The number of hydrogen-bond acceptors (Lipinski definition) is 7. The number of amides is 1. The Kier molecular flexibility index (Phi) is 5.51. The molecule has 0 bridgehead atoms. The number of nitrogens with zero attached hydrogens (tertiary/aromatic N) is 3. The Balaban J connectivity index is 1.74. The molecule has 0 saturated carbocycles. The Bertz CT molecular complexity index is 979. The molecule has 0 aliphatic heterocycles. The maximum absolute atomic E-state index is 12.4. The number of methoxy groups -OCH3 is 2. The number of esters is 1. The molecule has 2 aromatic heterocycles. The van der Waals surface area contributed by atoms with Gasteiger partial charge in [-0.15, -0.1) is 11.3 Å². The Labute approximate surface area is 159 Å². The number of thiazole rings is 1. The minimum Gasteiger partial charge on any atom is -0.494 e. The summed E-state index contributed by atoms with van der Waals surface area (Å²) in [5.74, 6) is -0.119. The Morgan fingerprint density at radius 3 is 2.81 bits per heavy atom. The van der Waals surface area contributed by atoms with Gasteiger partial charge >= 0.3 is 5.97 Å². The highest BCUT2D eigenvalue weighted by molar-refractivity contribution is 7.14. The lowest BCUT2D eigenvalue weighted by molar-refractivity contribution is -0.139. The molecular formula is C18H18N4O4S. The van der Waals surface area contributed by atoms with E-state index >= 15 is 0 Å². The summed E-state index contributed by atoms with van der Waals surface area (Å²) in [7, 11) is 2.90. The number of carbonyl (C=O) groups is 2. The number of carbonyl (C=O) groups excluding carboxylic acids is 2. The lowest BCUT2D eigenvalue weighted by Crippen LogP contribution is -2.13. The van der Waals surface area contributed by atoms with Crippen LogP contribution in [0.4, 0.5) is 5.13 Å². The van der Waals surface area contributed by atoms with Crippen molar-refractivity contribution in [2.24, 2.45) is 0 Å². The topological polar surface area (TPSA) is 95.3 Å². The van der Waals surface area contributed by atoms with E-state index in [9.17, 15) is 9.59 Å². The van der Waals surface area contributed by atoms with Crippen molar-refractivity contribution in [1.29, 1.82) is 0 Å². The predicted octanol–water partition coefficient (Wildman–Crippen LogP) is 2.61. The van der Waals surface area contributed by atoms with Gasteiger partial charge in [-0.1, -0.05) is 6.07 Å². The number of ether oxygens (including phenoxy) is 2. The summed E-state index contributed by atoms with van der Waals surface area (Å²) >= 11 is 1.23. The second-order valence-corrected chi connectivity index (χ2v) is 6.53. The number of nitrogens with one attached hydrogen (secondary N) is 1. The van der Waals surface area contributed by atoms with Gasteiger partial charge in [-0.3, -0.25) is 14.9 Å². The summed E-state index contributed by atoms with van der Waals surface area (Å²) in [6.07, 6.45) is 1.75. The Hall–Kier alpha value is -3.20. The van der Waals surface area contributed by atoms with Crippen LogP contribution >= 0.6 is 11.3 Å². The van der Waals surface area contributed by atoms with Crippen molar-refractivity contribution in [3.63, 3.8) is 0 Å². The fraction of sp³-hybridized carbons (Fsp3) is 0.222. The first kappa shape index (κ1) is 18.6. The molecule has 1 amide bonds. The molecule has 0 unspecified atom stereocenters. The number of aromatic nitrogens is 3. The zero-order valence-corrected chi connectivity index (χ0v) is 15.9. The van der Waals surface area contributed by atoms with E-state index < -0.39 is 0 Å². The average Bonchev–Trinajstić information content (AvgIpc) is 3.31. The summed E-state index contributed by atoms with van der Waals surface area (Å²) in [5, 5.41) is 9.09. The summed E-state index contributed by atoms with van der Waals surface area (Å²) in [6.45, 7) is 1.97. The molecule has 27 heavy (non-hydrogen) atoms. The second kappa shape index (κ2) is 8.00. The molecule has 0 radical (unpaired) electrons.